The molecule has 0 fully saturated rings. The predicted molar refractivity (Wildman–Crippen MR) is 139 cm³/mol. The highest BCUT2D eigenvalue weighted by molar-refractivity contribution is 7.45. The second-order valence-electron chi connectivity index (χ2n) is 9.87. The number of ether oxygens (including phenoxy) is 1. The summed E-state index contributed by atoms with van der Waals surface area (Å²) in [4.78, 5) is 23.8. The topological polar surface area (TPSA) is 105 Å². The molecule has 0 rings (SSSR count). The molecule has 0 radical (unpaired) electrons. The SMILES string of the molecule is CCCCC/C=C\C/C=C\CCCCCCCC(=O)O[C@H](CO)COP(=O)([O-])OCC[N+](C)(C)C. The zero-order valence-electron chi connectivity index (χ0n) is 22.5. The summed E-state index contributed by atoms with van der Waals surface area (Å²) in [7, 11) is 1.22. The number of hydrogen-bond donors (Lipinski definition) is 1. The average Bonchev–Trinajstić information content (AvgIpc) is 2.78. The Kier molecular flexibility index (Phi) is 20.5. The number of carbonyl (C=O) groups is 1. The number of quaternary nitrogens is 1. The molecule has 1 N–H and O–H groups in total. The van der Waals surface area contributed by atoms with Gasteiger partial charge in [0, 0.05) is 6.42 Å². The second kappa shape index (κ2) is 21.1. The van der Waals surface area contributed by atoms with E-state index in [2.05, 4.69) is 31.2 Å². The number of phosphoric ester groups is 1. The maximum absolute atomic E-state index is 12.0. The third-order valence-electron chi connectivity index (χ3n) is 5.26. The van der Waals surface area contributed by atoms with Crippen LogP contribution in [0, 0.1) is 0 Å². The molecule has 35 heavy (non-hydrogen) atoms. The van der Waals surface area contributed by atoms with Crippen LogP contribution < -0.4 is 4.89 Å². The van der Waals surface area contributed by atoms with E-state index in [1.54, 1.807) is 0 Å². The van der Waals surface area contributed by atoms with Crippen LogP contribution in [-0.4, -0.2) is 69.2 Å². The van der Waals surface area contributed by atoms with E-state index in [0.717, 1.165) is 38.5 Å². The maximum atomic E-state index is 12.0. The number of allylic oxidation sites excluding steroid dienone is 4. The molecule has 1 unspecified atom stereocenters. The van der Waals surface area contributed by atoms with Crippen molar-refractivity contribution in [2.24, 2.45) is 0 Å². The van der Waals surface area contributed by atoms with Gasteiger partial charge in [-0.2, -0.15) is 0 Å². The number of aliphatic hydroxyl groups is 1. The van der Waals surface area contributed by atoms with Gasteiger partial charge >= 0.3 is 5.97 Å². The zero-order valence-corrected chi connectivity index (χ0v) is 23.4. The van der Waals surface area contributed by atoms with Crippen molar-refractivity contribution >= 4 is 13.8 Å². The molecule has 0 bridgehead atoms. The molecule has 2 atom stereocenters. The minimum atomic E-state index is -4.51. The van der Waals surface area contributed by atoms with Crippen LogP contribution in [0.1, 0.15) is 84.0 Å². The molecule has 0 heterocycles. The summed E-state index contributed by atoms with van der Waals surface area (Å²) in [5.74, 6) is -0.468. The third-order valence-corrected chi connectivity index (χ3v) is 6.23. The van der Waals surface area contributed by atoms with Crippen molar-refractivity contribution in [1.29, 1.82) is 0 Å². The highest BCUT2D eigenvalue weighted by Crippen LogP contribution is 2.38. The number of unbranched alkanes of at least 4 members (excludes halogenated alkanes) is 8. The van der Waals surface area contributed by atoms with Crippen LogP contribution in [0.5, 0.6) is 0 Å². The van der Waals surface area contributed by atoms with Crippen LogP contribution in [0.15, 0.2) is 24.3 Å². The maximum Gasteiger partial charge on any atom is 0.306 e. The fraction of sp³-hybridized carbons (Fsp3) is 0.808. The van der Waals surface area contributed by atoms with Crippen molar-refractivity contribution in [3.8, 4) is 0 Å². The van der Waals surface area contributed by atoms with E-state index in [4.69, 9.17) is 13.8 Å². The predicted octanol–water partition coefficient (Wildman–Crippen LogP) is 4.91. The third kappa shape index (κ3) is 24.5. The van der Waals surface area contributed by atoms with E-state index in [1.807, 2.05) is 21.1 Å². The molecule has 0 aliphatic heterocycles. The van der Waals surface area contributed by atoms with Gasteiger partial charge in [-0.25, -0.2) is 0 Å². The largest absolute Gasteiger partial charge is 0.756 e. The zero-order chi connectivity index (χ0) is 26.4. The van der Waals surface area contributed by atoms with E-state index in [1.165, 1.54) is 25.7 Å². The summed E-state index contributed by atoms with van der Waals surface area (Å²) in [6.07, 6.45) is 20.2. The molecule has 0 aromatic heterocycles. The van der Waals surface area contributed by atoms with Gasteiger partial charge in [0.05, 0.1) is 34.4 Å². The number of carbonyl (C=O) groups excluding carboxylic acids is 1. The molecular weight excluding hydrogens is 469 g/mol. The Morgan fingerprint density at radius 2 is 1.54 bits per heavy atom. The normalized spacial score (nSPS) is 15.0. The fourth-order valence-corrected chi connectivity index (χ4v) is 3.82. The average molecular weight is 520 g/mol. The first kappa shape index (κ1) is 34.0. The van der Waals surface area contributed by atoms with Crippen LogP contribution in [0.4, 0.5) is 0 Å². The molecule has 8 nitrogen and oxygen atoms in total. The molecule has 0 aliphatic carbocycles. The number of phosphoric acid groups is 1. The van der Waals surface area contributed by atoms with Crippen LogP contribution in [0.2, 0.25) is 0 Å². The number of hydrogen-bond acceptors (Lipinski definition) is 7. The van der Waals surface area contributed by atoms with Gasteiger partial charge < -0.3 is 28.3 Å². The van der Waals surface area contributed by atoms with E-state index in [9.17, 15) is 19.4 Å². The Labute approximate surface area is 213 Å². The lowest BCUT2D eigenvalue weighted by Crippen LogP contribution is -2.37. The van der Waals surface area contributed by atoms with Gasteiger partial charge in [-0.05, 0) is 38.5 Å². The summed E-state index contributed by atoms with van der Waals surface area (Å²) >= 11 is 0. The molecule has 9 heteroatoms. The van der Waals surface area contributed by atoms with Crippen molar-refractivity contribution in [2.45, 2.75) is 90.1 Å². The minimum Gasteiger partial charge on any atom is -0.756 e. The Morgan fingerprint density at radius 1 is 0.943 bits per heavy atom. The van der Waals surface area contributed by atoms with E-state index in [0.29, 0.717) is 17.4 Å². The van der Waals surface area contributed by atoms with Gasteiger partial charge in [0.2, 0.25) is 0 Å². The fourth-order valence-electron chi connectivity index (χ4n) is 3.09. The second-order valence-corrected chi connectivity index (χ2v) is 11.3. The monoisotopic (exact) mass is 519 g/mol. The molecule has 0 aromatic carbocycles. The lowest BCUT2D eigenvalue weighted by Gasteiger charge is -2.28. The standard InChI is InChI=1S/C26H50NO7P/c1-5-6-7-8-9-10-11-12-13-14-15-16-17-18-19-20-26(29)34-25(23-28)24-33-35(30,31)32-22-21-27(2,3)4/h9-10,12-13,25,28H,5-8,11,14-24H2,1-4H3/b10-9-,13-12-/t25-/m1/s1. The number of nitrogens with zero attached hydrogens (tertiary/aromatic N) is 1. The Bertz CT molecular complexity index is 632. The van der Waals surface area contributed by atoms with Gasteiger partial charge in [-0.3, -0.25) is 9.36 Å². The Hall–Kier alpha value is -1.02. The first-order chi connectivity index (χ1) is 16.6. The highest BCUT2D eigenvalue weighted by Gasteiger charge is 2.19. The molecule has 0 aliphatic rings. The summed E-state index contributed by atoms with van der Waals surface area (Å²) in [6.45, 7) is 1.71. The van der Waals surface area contributed by atoms with Crippen LogP contribution in [-0.2, 0) is 23.1 Å². The van der Waals surface area contributed by atoms with Crippen molar-refractivity contribution in [1.82, 2.24) is 0 Å². The number of esters is 1. The molecule has 0 aromatic rings. The van der Waals surface area contributed by atoms with E-state index < -0.39 is 33.1 Å². The van der Waals surface area contributed by atoms with Gasteiger partial charge in [-0.15, -0.1) is 0 Å². The van der Waals surface area contributed by atoms with E-state index in [-0.39, 0.29) is 13.0 Å². The Balaban J connectivity index is 3.80. The molecule has 0 saturated heterocycles. The van der Waals surface area contributed by atoms with Crippen molar-refractivity contribution < 1.29 is 37.6 Å². The molecular formula is C26H50NO7P. The van der Waals surface area contributed by atoms with Crippen molar-refractivity contribution in [3.63, 3.8) is 0 Å². The van der Waals surface area contributed by atoms with Gasteiger partial charge in [0.1, 0.15) is 19.3 Å². The summed E-state index contributed by atoms with van der Waals surface area (Å²) in [5.41, 5.74) is 0. The van der Waals surface area contributed by atoms with Crippen molar-refractivity contribution in [3.05, 3.63) is 24.3 Å². The summed E-state index contributed by atoms with van der Waals surface area (Å²) < 4.78 is 27.0. The van der Waals surface area contributed by atoms with Gasteiger partial charge in [-0.1, -0.05) is 63.3 Å². The highest BCUT2D eigenvalue weighted by atomic mass is 31.2. The Morgan fingerprint density at radius 3 is 2.14 bits per heavy atom. The number of likely N-dealkylation sites (N-methyl/N-ethyl adjacent to an activating group) is 1. The molecule has 0 amide bonds. The number of rotatable bonds is 23. The lowest BCUT2D eigenvalue weighted by molar-refractivity contribution is -0.870. The molecule has 0 spiro atoms. The first-order valence-electron chi connectivity index (χ1n) is 13.1. The van der Waals surface area contributed by atoms with Crippen molar-refractivity contribution in [2.75, 3.05) is 47.5 Å². The molecule has 206 valence electrons. The number of aliphatic hydroxyl groups excluding tert-OH is 1. The first-order valence-corrected chi connectivity index (χ1v) is 14.6. The molecule has 0 saturated carbocycles. The van der Waals surface area contributed by atoms with Gasteiger partial charge in [0.25, 0.3) is 7.82 Å². The van der Waals surface area contributed by atoms with Crippen LogP contribution in [0.25, 0.3) is 0 Å². The lowest BCUT2D eigenvalue weighted by atomic mass is 10.1. The van der Waals surface area contributed by atoms with E-state index >= 15 is 0 Å². The van der Waals surface area contributed by atoms with Crippen LogP contribution in [0.3, 0.4) is 0 Å². The van der Waals surface area contributed by atoms with Gasteiger partial charge in [0.15, 0.2) is 0 Å². The summed E-state index contributed by atoms with van der Waals surface area (Å²) in [6, 6.07) is 0. The smallest absolute Gasteiger partial charge is 0.306 e. The quantitative estimate of drug-likeness (QED) is 0.0672. The summed E-state index contributed by atoms with van der Waals surface area (Å²) in [5, 5.41) is 9.36. The van der Waals surface area contributed by atoms with Crippen LogP contribution >= 0.6 is 7.82 Å². The minimum absolute atomic E-state index is 0.0132.